The summed E-state index contributed by atoms with van der Waals surface area (Å²) in [5.74, 6) is 0.0330. The second-order valence-corrected chi connectivity index (χ2v) is 5.63. The second-order valence-electron chi connectivity index (χ2n) is 4.78. The molecule has 0 bridgehead atoms. The van der Waals surface area contributed by atoms with Crippen molar-refractivity contribution >= 4 is 27.5 Å². The van der Waals surface area contributed by atoms with Gasteiger partial charge in [0.1, 0.15) is 0 Å². The second kappa shape index (κ2) is 6.73. The lowest BCUT2D eigenvalue weighted by atomic mass is 10.1. The quantitative estimate of drug-likeness (QED) is 0.852. The Bertz CT molecular complexity index is 532. The number of hydrogen-bond donors (Lipinski definition) is 1. The SMILES string of the molecule is N#CCCN1CCN(C(=O)c2ccc(N)c(Br)c2)CC1. The largest absolute Gasteiger partial charge is 0.398 e. The molecular formula is C14H17BrN4O. The van der Waals surface area contributed by atoms with E-state index in [1.165, 1.54) is 0 Å². The highest BCUT2D eigenvalue weighted by atomic mass is 79.9. The lowest BCUT2D eigenvalue weighted by molar-refractivity contribution is 0.0639. The number of hydrogen-bond acceptors (Lipinski definition) is 4. The molecule has 1 aliphatic heterocycles. The number of nitrogens with two attached hydrogens (primary N) is 1. The molecule has 0 aliphatic carbocycles. The minimum absolute atomic E-state index is 0.0330. The average molecular weight is 337 g/mol. The van der Waals surface area contributed by atoms with Crippen molar-refractivity contribution in [1.29, 1.82) is 5.26 Å². The molecule has 5 nitrogen and oxygen atoms in total. The van der Waals surface area contributed by atoms with Crippen LogP contribution in [0.2, 0.25) is 0 Å². The van der Waals surface area contributed by atoms with Crippen LogP contribution in [0.5, 0.6) is 0 Å². The maximum atomic E-state index is 12.4. The van der Waals surface area contributed by atoms with Crippen molar-refractivity contribution in [3.8, 4) is 6.07 Å². The Hall–Kier alpha value is -1.58. The molecule has 1 aliphatic rings. The van der Waals surface area contributed by atoms with E-state index in [9.17, 15) is 4.79 Å². The number of carbonyl (C=O) groups is 1. The van der Waals surface area contributed by atoms with Gasteiger partial charge in [0.15, 0.2) is 0 Å². The van der Waals surface area contributed by atoms with E-state index in [1.807, 2.05) is 4.90 Å². The molecule has 20 heavy (non-hydrogen) atoms. The molecule has 1 fully saturated rings. The predicted molar refractivity (Wildman–Crippen MR) is 81.1 cm³/mol. The maximum Gasteiger partial charge on any atom is 0.253 e. The number of nitriles is 1. The summed E-state index contributed by atoms with van der Waals surface area (Å²) in [6.07, 6.45) is 0.541. The summed E-state index contributed by atoms with van der Waals surface area (Å²) in [4.78, 5) is 16.4. The van der Waals surface area contributed by atoms with Crippen LogP contribution in [0.25, 0.3) is 0 Å². The minimum atomic E-state index is 0.0330. The van der Waals surface area contributed by atoms with Crippen molar-refractivity contribution in [2.24, 2.45) is 0 Å². The lowest BCUT2D eigenvalue weighted by Gasteiger charge is -2.34. The van der Waals surface area contributed by atoms with Crippen LogP contribution in [-0.4, -0.2) is 48.4 Å². The van der Waals surface area contributed by atoms with E-state index in [4.69, 9.17) is 11.0 Å². The first-order valence-electron chi connectivity index (χ1n) is 6.55. The van der Waals surface area contributed by atoms with E-state index in [0.29, 0.717) is 30.8 Å². The van der Waals surface area contributed by atoms with E-state index in [2.05, 4.69) is 26.9 Å². The highest BCUT2D eigenvalue weighted by Crippen LogP contribution is 2.21. The van der Waals surface area contributed by atoms with Gasteiger partial charge >= 0.3 is 0 Å². The number of halogens is 1. The lowest BCUT2D eigenvalue weighted by Crippen LogP contribution is -2.48. The summed E-state index contributed by atoms with van der Waals surface area (Å²) in [5.41, 5.74) is 7.00. The molecule has 106 valence electrons. The number of amides is 1. The Morgan fingerprint density at radius 2 is 2.05 bits per heavy atom. The number of anilines is 1. The molecule has 0 saturated carbocycles. The molecule has 0 aromatic heterocycles. The Labute approximate surface area is 127 Å². The highest BCUT2D eigenvalue weighted by molar-refractivity contribution is 9.10. The molecule has 1 amide bonds. The molecule has 0 unspecified atom stereocenters. The molecule has 0 radical (unpaired) electrons. The zero-order valence-electron chi connectivity index (χ0n) is 11.2. The number of benzene rings is 1. The van der Waals surface area contributed by atoms with Crippen molar-refractivity contribution in [3.63, 3.8) is 0 Å². The van der Waals surface area contributed by atoms with Crippen LogP contribution in [0.4, 0.5) is 5.69 Å². The molecule has 1 heterocycles. The van der Waals surface area contributed by atoms with Crippen molar-refractivity contribution in [3.05, 3.63) is 28.2 Å². The van der Waals surface area contributed by atoms with Gasteiger partial charge in [-0.1, -0.05) is 0 Å². The van der Waals surface area contributed by atoms with E-state index in [1.54, 1.807) is 18.2 Å². The van der Waals surface area contributed by atoms with Gasteiger partial charge in [0.2, 0.25) is 0 Å². The zero-order chi connectivity index (χ0) is 14.5. The van der Waals surface area contributed by atoms with Crippen molar-refractivity contribution in [1.82, 2.24) is 9.80 Å². The summed E-state index contributed by atoms with van der Waals surface area (Å²) in [6.45, 7) is 3.83. The number of carbonyl (C=O) groups excluding carboxylic acids is 1. The minimum Gasteiger partial charge on any atom is -0.398 e. The summed E-state index contributed by atoms with van der Waals surface area (Å²) in [7, 11) is 0. The van der Waals surface area contributed by atoms with Gasteiger partial charge in [-0.2, -0.15) is 5.26 Å². The Morgan fingerprint density at radius 1 is 1.35 bits per heavy atom. The highest BCUT2D eigenvalue weighted by Gasteiger charge is 2.22. The van der Waals surface area contributed by atoms with Gasteiger partial charge in [-0.3, -0.25) is 9.69 Å². The van der Waals surface area contributed by atoms with Gasteiger partial charge in [-0.05, 0) is 34.1 Å². The molecule has 2 N–H and O–H groups in total. The fourth-order valence-corrected chi connectivity index (χ4v) is 2.60. The molecular weight excluding hydrogens is 320 g/mol. The third-order valence-corrected chi connectivity index (χ3v) is 4.13. The third kappa shape index (κ3) is 3.50. The maximum absolute atomic E-state index is 12.4. The van der Waals surface area contributed by atoms with E-state index >= 15 is 0 Å². The normalized spacial score (nSPS) is 15.9. The Kier molecular flexibility index (Phi) is 4.99. The molecule has 0 atom stereocenters. The predicted octanol–water partition coefficient (Wildman–Crippen LogP) is 1.70. The smallest absolute Gasteiger partial charge is 0.253 e. The van der Waals surface area contributed by atoms with Gasteiger partial charge in [-0.15, -0.1) is 0 Å². The molecule has 2 rings (SSSR count). The molecule has 1 aromatic carbocycles. The van der Waals surface area contributed by atoms with Crippen LogP contribution in [0, 0.1) is 11.3 Å². The number of rotatable bonds is 3. The van der Waals surface area contributed by atoms with Crippen molar-refractivity contribution in [2.45, 2.75) is 6.42 Å². The summed E-state index contributed by atoms with van der Waals surface area (Å²) in [6, 6.07) is 7.40. The topological polar surface area (TPSA) is 73.4 Å². The van der Waals surface area contributed by atoms with Gasteiger partial charge in [0.05, 0.1) is 6.07 Å². The molecule has 6 heteroatoms. The molecule has 1 saturated heterocycles. The standard InChI is InChI=1S/C14H17BrN4O/c15-12-10-11(2-3-13(12)17)14(20)19-8-6-18(7-9-19)5-1-4-16/h2-3,10H,1,5-9,17H2. The number of piperazine rings is 1. The molecule has 1 aromatic rings. The number of nitrogen functional groups attached to an aromatic ring is 1. The van der Waals surface area contributed by atoms with Crippen LogP contribution in [0.3, 0.4) is 0 Å². The summed E-state index contributed by atoms with van der Waals surface area (Å²) >= 11 is 3.34. The van der Waals surface area contributed by atoms with Gasteiger partial charge in [0, 0.05) is 54.9 Å². The van der Waals surface area contributed by atoms with Crippen LogP contribution in [0.1, 0.15) is 16.8 Å². The fraction of sp³-hybridized carbons (Fsp3) is 0.429. The molecule has 0 spiro atoms. The van der Waals surface area contributed by atoms with Gasteiger partial charge in [-0.25, -0.2) is 0 Å². The van der Waals surface area contributed by atoms with Gasteiger partial charge < -0.3 is 10.6 Å². The fourth-order valence-electron chi connectivity index (χ4n) is 2.23. The van der Waals surface area contributed by atoms with Crippen molar-refractivity contribution < 1.29 is 4.79 Å². The van der Waals surface area contributed by atoms with E-state index < -0.39 is 0 Å². The van der Waals surface area contributed by atoms with Crippen LogP contribution >= 0.6 is 15.9 Å². The monoisotopic (exact) mass is 336 g/mol. The van der Waals surface area contributed by atoms with Crippen LogP contribution < -0.4 is 5.73 Å². The van der Waals surface area contributed by atoms with Gasteiger partial charge in [0.25, 0.3) is 5.91 Å². The van der Waals surface area contributed by atoms with Crippen molar-refractivity contribution in [2.75, 3.05) is 38.5 Å². The zero-order valence-corrected chi connectivity index (χ0v) is 12.8. The average Bonchev–Trinajstić information content (AvgIpc) is 2.48. The van der Waals surface area contributed by atoms with E-state index in [0.717, 1.165) is 24.1 Å². The summed E-state index contributed by atoms with van der Waals surface area (Å²) in [5, 5.41) is 8.58. The Balaban J connectivity index is 1.94. The van der Waals surface area contributed by atoms with E-state index in [-0.39, 0.29) is 5.91 Å². The Morgan fingerprint density at radius 3 is 2.65 bits per heavy atom. The first kappa shape index (κ1) is 14.8. The third-order valence-electron chi connectivity index (χ3n) is 3.45. The first-order chi connectivity index (χ1) is 9.61. The van der Waals surface area contributed by atoms with Crippen LogP contribution in [-0.2, 0) is 0 Å². The summed E-state index contributed by atoms with van der Waals surface area (Å²) < 4.78 is 0.746. The number of nitrogens with zero attached hydrogens (tertiary/aromatic N) is 3. The van der Waals surface area contributed by atoms with Crippen LogP contribution in [0.15, 0.2) is 22.7 Å². The first-order valence-corrected chi connectivity index (χ1v) is 7.34.